The van der Waals surface area contributed by atoms with Crippen molar-refractivity contribution in [2.45, 2.75) is 31.7 Å². The summed E-state index contributed by atoms with van der Waals surface area (Å²) in [6.45, 7) is 2.50. The van der Waals surface area contributed by atoms with Crippen LogP contribution >= 0.6 is 11.3 Å². The topological polar surface area (TPSA) is 95.1 Å². The molecule has 30 heavy (non-hydrogen) atoms. The molecule has 1 aromatic carbocycles. The predicted molar refractivity (Wildman–Crippen MR) is 121 cm³/mol. The molecule has 6 nitrogen and oxygen atoms in total. The number of nitrogens with two attached hydrogens (primary N) is 1. The molecule has 3 aromatic rings. The number of amides is 1. The number of benzene rings is 1. The number of rotatable bonds is 6. The fourth-order valence-electron chi connectivity index (χ4n) is 3.74. The lowest BCUT2D eigenvalue weighted by Gasteiger charge is -2.40. The number of nitrogen functional groups attached to an aromatic ring is 1. The molecule has 0 radical (unpaired) electrons. The number of hydrogen-bond donors (Lipinski definition) is 3. The van der Waals surface area contributed by atoms with Crippen molar-refractivity contribution in [2.24, 2.45) is 0 Å². The third kappa shape index (κ3) is 4.21. The zero-order valence-electron chi connectivity index (χ0n) is 16.9. The molecular formula is C23H25N5OS. The smallest absolute Gasteiger partial charge is 0.232 e. The molecule has 154 valence electrons. The van der Waals surface area contributed by atoms with Gasteiger partial charge in [-0.15, -0.1) is 11.3 Å². The average molecular weight is 420 g/mol. The molecular weight excluding hydrogens is 394 g/mol. The number of aryl methyl sites for hydroxylation is 1. The van der Waals surface area contributed by atoms with Gasteiger partial charge in [0.1, 0.15) is 0 Å². The van der Waals surface area contributed by atoms with Crippen LogP contribution < -0.4 is 11.1 Å². The van der Waals surface area contributed by atoms with Crippen molar-refractivity contribution < 1.29 is 4.79 Å². The molecule has 1 fully saturated rings. The lowest BCUT2D eigenvalue weighted by molar-refractivity contribution is -0.130. The molecule has 0 bridgehead atoms. The highest BCUT2D eigenvalue weighted by Gasteiger charge is 2.40. The van der Waals surface area contributed by atoms with Crippen molar-refractivity contribution in [3.05, 3.63) is 70.7 Å². The van der Waals surface area contributed by atoms with E-state index in [1.54, 1.807) is 17.5 Å². The number of nitrogens with one attached hydrogen (secondary N) is 2. The first-order chi connectivity index (χ1) is 14.4. The minimum atomic E-state index is -0.588. The number of carbonyl (C=O) groups excluding carboxylic acids is 1. The third-order valence-corrected chi connectivity index (χ3v) is 6.57. The quantitative estimate of drug-likeness (QED) is 0.526. The number of hydrogen-bond acceptors (Lipinski definition) is 5. The molecule has 4 N–H and O–H groups in total. The van der Waals surface area contributed by atoms with Crippen LogP contribution in [0.3, 0.4) is 0 Å². The molecule has 1 aliphatic heterocycles. The minimum Gasteiger partial charge on any atom is -0.399 e. The minimum absolute atomic E-state index is 0.0267. The summed E-state index contributed by atoms with van der Waals surface area (Å²) in [6.07, 6.45) is 3.64. The number of thiophene rings is 1. The fraction of sp³-hybridized carbons (Fsp3) is 0.261. The number of anilines is 1. The maximum atomic E-state index is 12.9. The van der Waals surface area contributed by atoms with E-state index in [2.05, 4.69) is 21.7 Å². The van der Waals surface area contributed by atoms with Gasteiger partial charge in [0.05, 0.1) is 12.0 Å². The van der Waals surface area contributed by atoms with Crippen LogP contribution in [0.2, 0.25) is 0 Å². The molecule has 1 atom stereocenters. The summed E-state index contributed by atoms with van der Waals surface area (Å²) in [5.74, 6) is 0.134. The molecule has 0 unspecified atom stereocenters. The van der Waals surface area contributed by atoms with Crippen LogP contribution in [0, 0.1) is 5.41 Å². The van der Waals surface area contributed by atoms with E-state index < -0.39 is 5.54 Å². The Balaban J connectivity index is 1.43. The Labute approximate surface area is 180 Å². The summed E-state index contributed by atoms with van der Waals surface area (Å²) in [5.41, 5.74) is 9.16. The van der Waals surface area contributed by atoms with Gasteiger partial charge in [0, 0.05) is 29.0 Å². The Morgan fingerprint density at radius 3 is 2.83 bits per heavy atom. The monoisotopic (exact) mass is 419 g/mol. The van der Waals surface area contributed by atoms with E-state index in [1.165, 1.54) is 4.90 Å². The second-order valence-electron chi connectivity index (χ2n) is 7.78. The maximum Gasteiger partial charge on any atom is 0.232 e. The Bertz CT molecular complexity index is 1040. The molecule has 1 aliphatic rings. The van der Waals surface area contributed by atoms with Crippen LogP contribution in [0.25, 0.3) is 11.1 Å². The van der Waals surface area contributed by atoms with E-state index >= 15 is 0 Å². The van der Waals surface area contributed by atoms with Gasteiger partial charge < -0.3 is 11.1 Å². The highest BCUT2D eigenvalue weighted by Crippen LogP contribution is 2.36. The SMILES string of the molecule is C[C@@]1(c2cc(-c3cccc(N)c3)cs2)CC(=O)N(CCCc2ccccn2)C(=N)N1. The van der Waals surface area contributed by atoms with Crippen molar-refractivity contribution in [2.75, 3.05) is 12.3 Å². The van der Waals surface area contributed by atoms with Gasteiger partial charge in [0.25, 0.3) is 0 Å². The van der Waals surface area contributed by atoms with E-state index in [0.717, 1.165) is 40.2 Å². The second kappa shape index (κ2) is 8.28. The maximum absolute atomic E-state index is 12.9. The predicted octanol–water partition coefficient (Wildman–Crippen LogP) is 4.00. The number of guanidine groups is 1. The van der Waals surface area contributed by atoms with Crippen LogP contribution in [0.15, 0.2) is 60.1 Å². The van der Waals surface area contributed by atoms with Gasteiger partial charge >= 0.3 is 0 Å². The summed E-state index contributed by atoms with van der Waals surface area (Å²) in [4.78, 5) is 19.8. The fourth-order valence-corrected chi connectivity index (χ4v) is 4.78. The normalized spacial score (nSPS) is 19.0. The Kier molecular flexibility index (Phi) is 5.55. The van der Waals surface area contributed by atoms with Crippen LogP contribution in [0.4, 0.5) is 5.69 Å². The highest BCUT2D eigenvalue weighted by molar-refractivity contribution is 7.10. The van der Waals surface area contributed by atoms with E-state index in [1.807, 2.05) is 49.4 Å². The average Bonchev–Trinajstić information content (AvgIpc) is 3.22. The van der Waals surface area contributed by atoms with Crippen molar-refractivity contribution in [3.8, 4) is 11.1 Å². The van der Waals surface area contributed by atoms with Crippen molar-refractivity contribution in [1.82, 2.24) is 15.2 Å². The van der Waals surface area contributed by atoms with Gasteiger partial charge in [0.15, 0.2) is 5.96 Å². The summed E-state index contributed by atoms with van der Waals surface area (Å²) in [7, 11) is 0. The number of aromatic nitrogens is 1. The lowest BCUT2D eigenvalue weighted by Crippen LogP contribution is -2.59. The molecule has 3 heterocycles. The van der Waals surface area contributed by atoms with Gasteiger partial charge in [-0.05, 0) is 66.6 Å². The molecule has 0 spiro atoms. The van der Waals surface area contributed by atoms with Gasteiger partial charge in [-0.3, -0.25) is 20.1 Å². The van der Waals surface area contributed by atoms with Crippen LogP contribution in [-0.4, -0.2) is 28.3 Å². The number of pyridine rings is 1. The molecule has 1 amide bonds. The van der Waals surface area contributed by atoms with Gasteiger partial charge in [0.2, 0.25) is 5.91 Å². The Morgan fingerprint density at radius 2 is 2.10 bits per heavy atom. The summed E-state index contributed by atoms with van der Waals surface area (Å²) >= 11 is 1.60. The standard InChI is InChI=1S/C23H25N5OS/c1-23(20-13-17(15-30-20)16-6-4-7-18(24)12-16)14-21(29)28(22(25)27-23)11-5-9-19-8-2-3-10-26-19/h2-4,6-8,10,12-13,15H,5,9,11,14,24H2,1H3,(H2,25,27)/t23-/m0/s1. The largest absolute Gasteiger partial charge is 0.399 e. The van der Waals surface area contributed by atoms with Crippen LogP contribution in [0.1, 0.15) is 30.3 Å². The molecule has 4 rings (SSSR count). The van der Waals surface area contributed by atoms with Crippen molar-refractivity contribution >= 4 is 28.9 Å². The summed E-state index contributed by atoms with van der Waals surface area (Å²) in [6, 6.07) is 15.7. The highest BCUT2D eigenvalue weighted by atomic mass is 32.1. The number of carbonyl (C=O) groups is 1. The second-order valence-corrected chi connectivity index (χ2v) is 8.69. The van der Waals surface area contributed by atoms with Gasteiger partial charge in [-0.2, -0.15) is 0 Å². The molecule has 0 aliphatic carbocycles. The first-order valence-corrected chi connectivity index (χ1v) is 10.8. The van der Waals surface area contributed by atoms with Crippen LogP contribution in [-0.2, 0) is 16.8 Å². The molecule has 0 saturated carbocycles. The summed E-state index contributed by atoms with van der Waals surface area (Å²) in [5, 5.41) is 13.8. The van der Waals surface area contributed by atoms with E-state index in [9.17, 15) is 4.79 Å². The first kappa shape index (κ1) is 20.1. The van der Waals surface area contributed by atoms with E-state index in [0.29, 0.717) is 13.0 Å². The first-order valence-electron chi connectivity index (χ1n) is 9.96. The van der Waals surface area contributed by atoms with Crippen molar-refractivity contribution in [1.29, 1.82) is 5.41 Å². The molecule has 2 aromatic heterocycles. The van der Waals surface area contributed by atoms with Crippen molar-refractivity contribution in [3.63, 3.8) is 0 Å². The number of nitrogens with zero attached hydrogens (tertiary/aromatic N) is 2. The Hall–Kier alpha value is -3.19. The zero-order chi connectivity index (χ0) is 21.1. The van der Waals surface area contributed by atoms with Gasteiger partial charge in [-0.1, -0.05) is 18.2 Å². The lowest BCUT2D eigenvalue weighted by atomic mass is 9.92. The third-order valence-electron chi connectivity index (χ3n) is 5.37. The Morgan fingerprint density at radius 1 is 1.23 bits per heavy atom. The van der Waals surface area contributed by atoms with E-state index in [-0.39, 0.29) is 11.9 Å². The molecule has 1 saturated heterocycles. The van der Waals surface area contributed by atoms with Crippen LogP contribution in [0.5, 0.6) is 0 Å². The summed E-state index contributed by atoms with van der Waals surface area (Å²) < 4.78 is 0. The van der Waals surface area contributed by atoms with Gasteiger partial charge in [-0.25, -0.2) is 0 Å². The van der Waals surface area contributed by atoms with E-state index in [4.69, 9.17) is 11.1 Å². The zero-order valence-corrected chi connectivity index (χ0v) is 17.7. The molecule has 7 heteroatoms.